The molecule has 0 saturated heterocycles. The number of rotatable bonds is 5. The highest BCUT2D eigenvalue weighted by Gasteiger charge is 2.31. The molecule has 20 heavy (non-hydrogen) atoms. The van der Waals surface area contributed by atoms with Gasteiger partial charge in [0.15, 0.2) is 5.75 Å². The molecule has 0 aliphatic carbocycles. The number of carbonyl (C=O) groups is 1. The molecule has 0 bridgehead atoms. The minimum atomic E-state index is -4.22. The van der Waals surface area contributed by atoms with Crippen LogP contribution in [-0.4, -0.2) is 46.9 Å². The quantitative estimate of drug-likeness (QED) is 0.592. The van der Waals surface area contributed by atoms with Crippen molar-refractivity contribution in [1.29, 1.82) is 0 Å². The minimum absolute atomic E-state index is 0.474. The van der Waals surface area contributed by atoms with Crippen LogP contribution in [0.15, 0.2) is 23.1 Å². The van der Waals surface area contributed by atoms with E-state index < -0.39 is 43.3 Å². The van der Waals surface area contributed by atoms with Crippen molar-refractivity contribution in [2.45, 2.75) is 17.9 Å². The van der Waals surface area contributed by atoms with Crippen molar-refractivity contribution >= 4 is 21.7 Å². The maximum Gasteiger partial charge on any atom is 0.321 e. The van der Waals surface area contributed by atoms with Gasteiger partial charge in [0.1, 0.15) is 6.04 Å². The summed E-state index contributed by atoms with van der Waals surface area (Å²) in [5.74, 6) is -2.03. The number of nitrogens with zero attached hydrogens (tertiary/aromatic N) is 2. The Morgan fingerprint density at radius 2 is 2.00 bits per heavy atom. The fourth-order valence-corrected chi connectivity index (χ4v) is 2.68. The summed E-state index contributed by atoms with van der Waals surface area (Å²) in [5.41, 5.74) is -0.776. The van der Waals surface area contributed by atoms with Crippen LogP contribution in [0.3, 0.4) is 0 Å². The second kappa shape index (κ2) is 5.43. The maximum absolute atomic E-state index is 12.1. The van der Waals surface area contributed by atoms with E-state index in [1.807, 2.05) is 0 Å². The molecule has 0 fully saturated rings. The monoisotopic (exact) mass is 304 g/mol. The Morgan fingerprint density at radius 3 is 2.45 bits per heavy atom. The molecule has 1 unspecified atom stereocenters. The number of aliphatic carboxylic acids is 1. The van der Waals surface area contributed by atoms with E-state index in [9.17, 15) is 28.4 Å². The van der Waals surface area contributed by atoms with Gasteiger partial charge in [0.2, 0.25) is 10.0 Å². The standard InChI is InChI=1S/C10H12N2O7S/c1-6(10(14)15)11(2)20(18,19)7-3-4-9(13)8(5-7)12(16)17/h3-6,13H,1-2H3,(H,14,15). The zero-order valence-corrected chi connectivity index (χ0v) is 11.4. The highest BCUT2D eigenvalue weighted by atomic mass is 32.2. The van der Waals surface area contributed by atoms with Crippen LogP contribution in [0.25, 0.3) is 0 Å². The number of nitro benzene ring substituents is 1. The van der Waals surface area contributed by atoms with Crippen LogP contribution < -0.4 is 0 Å². The number of aromatic hydroxyl groups is 1. The van der Waals surface area contributed by atoms with Gasteiger partial charge in [-0.2, -0.15) is 4.31 Å². The number of hydrogen-bond donors (Lipinski definition) is 2. The number of sulfonamides is 1. The van der Waals surface area contributed by atoms with Gasteiger partial charge in [-0.3, -0.25) is 14.9 Å². The Bertz CT molecular complexity index is 656. The van der Waals surface area contributed by atoms with Crippen molar-refractivity contribution in [2.75, 3.05) is 7.05 Å². The minimum Gasteiger partial charge on any atom is -0.502 e. The smallest absolute Gasteiger partial charge is 0.321 e. The lowest BCUT2D eigenvalue weighted by molar-refractivity contribution is -0.386. The summed E-state index contributed by atoms with van der Waals surface area (Å²) in [4.78, 5) is 20.0. The van der Waals surface area contributed by atoms with Crippen LogP contribution in [0.5, 0.6) is 5.75 Å². The summed E-state index contributed by atoms with van der Waals surface area (Å²) >= 11 is 0. The zero-order valence-electron chi connectivity index (χ0n) is 10.5. The fraction of sp³-hybridized carbons (Fsp3) is 0.300. The Hall–Kier alpha value is -2.20. The van der Waals surface area contributed by atoms with Gasteiger partial charge in [0.05, 0.1) is 9.82 Å². The lowest BCUT2D eigenvalue weighted by Gasteiger charge is -2.20. The average molecular weight is 304 g/mol. The highest BCUT2D eigenvalue weighted by molar-refractivity contribution is 7.89. The molecular formula is C10H12N2O7S. The fourth-order valence-electron chi connectivity index (χ4n) is 1.34. The summed E-state index contributed by atoms with van der Waals surface area (Å²) in [6.07, 6.45) is 0. The van der Waals surface area contributed by atoms with Gasteiger partial charge in [-0.1, -0.05) is 0 Å². The van der Waals surface area contributed by atoms with E-state index in [4.69, 9.17) is 5.11 Å². The van der Waals surface area contributed by atoms with Crippen LogP contribution in [0, 0.1) is 10.1 Å². The number of carboxylic acids is 1. The molecule has 0 amide bonds. The lowest BCUT2D eigenvalue weighted by atomic mass is 10.3. The largest absolute Gasteiger partial charge is 0.502 e. The van der Waals surface area contributed by atoms with E-state index in [0.29, 0.717) is 10.4 Å². The Kier molecular flexibility index (Phi) is 4.30. The third-order valence-electron chi connectivity index (χ3n) is 2.72. The van der Waals surface area contributed by atoms with Gasteiger partial charge in [-0.15, -0.1) is 0 Å². The molecular weight excluding hydrogens is 292 g/mol. The predicted octanol–water partition coefficient (Wildman–Crippen LogP) is 0.394. The van der Waals surface area contributed by atoms with Crippen molar-refractivity contribution in [3.63, 3.8) is 0 Å². The molecule has 1 rings (SSSR count). The van der Waals surface area contributed by atoms with Crippen molar-refractivity contribution in [1.82, 2.24) is 4.31 Å². The van der Waals surface area contributed by atoms with Crippen LogP contribution in [0.4, 0.5) is 5.69 Å². The highest BCUT2D eigenvalue weighted by Crippen LogP contribution is 2.29. The number of hydrogen-bond acceptors (Lipinski definition) is 6. The Morgan fingerprint density at radius 1 is 1.45 bits per heavy atom. The number of likely N-dealkylation sites (N-methyl/N-ethyl adjacent to an activating group) is 1. The van der Waals surface area contributed by atoms with Gasteiger partial charge >= 0.3 is 11.7 Å². The molecule has 0 spiro atoms. The van der Waals surface area contributed by atoms with E-state index in [-0.39, 0.29) is 0 Å². The van der Waals surface area contributed by atoms with Gasteiger partial charge < -0.3 is 10.2 Å². The molecule has 110 valence electrons. The van der Waals surface area contributed by atoms with Crippen molar-refractivity contribution in [3.05, 3.63) is 28.3 Å². The predicted molar refractivity (Wildman–Crippen MR) is 66.8 cm³/mol. The molecule has 10 heteroatoms. The molecule has 1 aromatic rings. The topological polar surface area (TPSA) is 138 Å². The molecule has 0 aliphatic rings. The molecule has 0 radical (unpaired) electrons. The Labute approximate surface area is 114 Å². The molecule has 0 aromatic heterocycles. The van der Waals surface area contributed by atoms with E-state index in [1.165, 1.54) is 0 Å². The molecule has 0 saturated carbocycles. The second-order valence-electron chi connectivity index (χ2n) is 3.94. The average Bonchev–Trinajstić information content (AvgIpc) is 2.36. The zero-order chi connectivity index (χ0) is 15.7. The van der Waals surface area contributed by atoms with E-state index in [2.05, 4.69) is 0 Å². The van der Waals surface area contributed by atoms with Crippen molar-refractivity contribution < 1.29 is 28.3 Å². The maximum atomic E-state index is 12.1. The van der Waals surface area contributed by atoms with Gasteiger partial charge in [0.25, 0.3) is 0 Å². The molecule has 0 heterocycles. The number of carboxylic acid groups (broad SMARTS) is 1. The molecule has 1 aromatic carbocycles. The first-order valence-corrected chi connectivity index (χ1v) is 6.71. The van der Waals surface area contributed by atoms with Gasteiger partial charge in [0, 0.05) is 13.1 Å². The van der Waals surface area contributed by atoms with Crippen LogP contribution in [0.2, 0.25) is 0 Å². The van der Waals surface area contributed by atoms with Crippen molar-refractivity contribution in [3.8, 4) is 5.75 Å². The summed E-state index contributed by atoms with van der Waals surface area (Å²) in [7, 11) is -3.17. The SMILES string of the molecule is CC(C(=O)O)N(C)S(=O)(=O)c1ccc(O)c([N+](=O)[O-])c1. The number of phenolic OH excluding ortho intramolecular Hbond substituents is 1. The summed E-state index contributed by atoms with van der Waals surface area (Å²) in [6, 6.07) is 1.16. The van der Waals surface area contributed by atoms with Gasteiger partial charge in [-0.25, -0.2) is 8.42 Å². The number of nitro groups is 1. The summed E-state index contributed by atoms with van der Waals surface area (Å²) in [5, 5.41) is 28.7. The van der Waals surface area contributed by atoms with E-state index >= 15 is 0 Å². The van der Waals surface area contributed by atoms with Crippen LogP contribution in [0.1, 0.15) is 6.92 Å². The Balaban J connectivity index is 3.33. The third-order valence-corrected chi connectivity index (χ3v) is 4.65. The van der Waals surface area contributed by atoms with E-state index in [0.717, 1.165) is 26.1 Å². The molecule has 1 atom stereocenters. The first kappa shape index (κ1) is 15.9. The lowest BCUT2D eigenvalue weighted by Crippen LogP contribution is -2.40. The molecule has 9 nitrogen and oxygen atoms in total. The normalized spacial score (nSPS) is 13.2. The third kappa shape index (κ3) is 2.86. The van der Waals surface area contributed by atoms with Gasteiger partial charge in [-0.05, 0) is 19.1 Å². The number of phenols is 1. The second-order valence-corrected chi connectivity index (χ2v) is 5.94. The summed E-state index contributed by atoms with van der Waals surface area (Å²) < 4.78 is 24.8. The van der Waals surface area contributed by atoms with E-state index in [1.54, 1.807) is 0 Å². The summed E-state index contributed by atoms with van der Waals surface area (Å²) in [6.45, 7) is 1.16. The van der Waals surface area contributed by atoms with Crippen molar-refractivity contribution in [2.24, 2.45) is 0 Å². The van der Waals surface area contributed by atoms with Crippen LogP contribution >= 0.6 is 0 Å². The first-order chi connectivity index (χ1) is 9.09. The molecule has 2 N–H and O–H groups in total. The first-order valence-electron chi connectivity index (χ1n) is 5.27. The molecule has 0 aliphatic heterocycles. The van der Waals surface area contributed by atoms with Crippen LogP contribution in [-0.2, 0) is 14.8 Å². The number of benzene rings is 1.